The Balaban J connectivity index is 1.46. The van der Waals surface area contributed by atoms with Crippen molar-refractivity contribution in [3.05, 3.63) is 35.9 Å². The molecule has 7 nitrogen and oxygen atoms in total. The molecule has 29 heavy (non-hydrogen) atoms. The van der Waals surface area contributed by atoms with Crippen LogP contribution in [0, 0.1) is 5.92 Å². The van der Waals surface area contributed by atoms with Gasteiger partial charge in [-0.3, -0.25) is 9.59 Å². The lowest BCUT2D eigenvalue weighted by atomic mass is 9.94. The molecule has 2 saturated heterocycles. The van der Waals surface area contributed by atoms with Gasteiger partial charge in [-0.2, -0.15) is 0 Å². The summed E-state index contributed by atoms with van der Waals surface area (Å²) in [4.78, 5) is 24.9. The van der Waals surface area contributed by atoms with Crippen LogP contribution in [0.25, 0.3) is 0 Å². The predicted octanol–water partition coefficient (Wildman–Crippen LogP) is 1.71. The van der Waals surface area contributed by atoms with Crippen LogP contribution in [0.4, 0.5) is 0 Å². The molecule has 160 valence electrons. The first-order valence-corrected chi connectivity index (χ1v) is 10.6. The second-order valence-corrected chi connectivity index (χ2v) is 7.96. The fourth-order valence-corrected chi connectivity index (χ4v) is 4.04. The van der Waals surface area contributed by atoms with E-state index in [4.69, 9.17) is 9.47 Å². The highest BCUT2D eigenvalue weighted by molar-refractivity contribution is 5.79. The smallest absolute Gasteiger partial charge is 0.223 e. The summed E-state index contributed by atoms with van der Waals surface area (Å²) >= 11 is 0. The van der Waals surface area contributed by atoms with Crippen molar-refractivity contribution >= 4 is 11.8 Å². The van der Waals surface area contributed by atoms with Crippen LogP contribution < -0.4 is 10.6 Å². The number of amides is 2. The van der Waals surface area contributed by atoms with E-state index in [2.05, 4.69) is 10.6 Å². The Morgan fingerprint density at radius 3 is 2.55 bits per heavy atom. The van der Waals surface area contributed by atoms with Gasteiger partial charge < -0.3 is 25.2 Å². The molecular weight excluding hydrogens is 372 g/mol. The van der Waals surface area contributed by atoms with Crippen LogP contribution in [-0.4, -0.2) is 55.0 Å². The van der Waals surface area contributed by atoms with E-state index < -0.39 is 6.10 Å². The van der Waals surface area contributed by atoms with Gasteiger partial charge in [0.1, 0.15) is 6.10 Å². The van der Waals surface area contributed by atoms with Crippen molar-refractivity contribution in [1.82, 2.24) is 10.6 Å². The molecule has 1 aromatic rings. The van der Waals surface area contributed by atoms with Gasteiger partial charge in [-0.15, -0.1) is 0 Å². The van der Waals surface area contributed by atoms with Crippen molar-refractivity contribution in [3.63, 3.8) is 0 Å². The molecule has 0 unspecified atom stereocenters. The van der Waals surface area contributed by atoms with Gasteiger partial charge in [0.25, 0.3) is 0 Å². The number of aliphatic hydroxyl groups is 1. The summed E-state index contributed by atoms with van der Waals surface area (Å²) in [7, 11) is 0. The van der Waals surface area contributed by atoms with Gasteiger partial charge >= 0.3 is 0 Å². The summed E-state index contributed by atoms with van der Waals surface area (Å²) in [6, 6.07) is 9.50. The molecule has 0 bridgehead atoms. The van der Waals surface area contributed by atoms with Crippen molar-refractivity contribution in [2.45, 2.75) is 63.3 Å². The fourth-order valence-electron chi connectivity index (χ4n) is 4.04. The third-order valence-corrected chi connectivity index (χ3v) is 5.81. The molecule has 1 aromatic carbocycles. The molecule has 0 radical (unpaired) electrons. The summed E-state index contributed by atoms with van der Waals surface area (Å²) < 4.78 is 11.3. The van der Waals surface area contributed by atoms with E-state index in [0.717, 1.165) is 18.4 Å². The van der Waals surface area contributed by atoms with Crippen LogP contribution >= 0.6 is 0 Å². The highest BCUT2D eigenvalue weighted by Gasteiger charge is 2.34. The Kier molecular flexibility index (Phi) is 8.03. The molecule has 0 saturated carbocycles. The standard InChI is InChI=1S/C22H32N2O5/c1-15(16-5-3-2-4-6-16)23-21(26)13-18-7-8-19(20(14-25)29-18)24-22(27)17-9-11-28-12-10-17/h2-6,15,17-20,25H,7-14H2,1H3,(H,23,26)(H,24,27)/t15-,18-,19+,20-/m1/s1. The zero-order valence-corrected chi connectivity index (χ0v) is 17.0. The van der Waals surface area contributed by atoms with Gasteiger partial charge in [0.05, 0.1) is 31.2 Å². The highest BCUT2D eigenvalue weighted by atomic mass is 16.5. The van der Waals surface area contributed by atoms with Crippen LogP contribution in [0.2, 0.25) is 0 Å². The predicted molar refractivity (Wildman–Crippen MR) is 108 cm³/mol. The van der Waals surface area contributed by atoms with Crippen molar-refractivity contribution in [1.29, 1.82) is 0 Å². The van der Waals surface area contributed by atoms with Crippen LogP contribution in [0.1, 0.15) is 50.6 Å². The van der Waals surface area contributed by atoms with Crippen LogP contribution in [0.5, 0.6) is 0 Å². The molecule has 2 heterocycles. The number of hydrogen-bond acceptors (Lipinski definition) is 5. The first-order chi connectivity index (χ1) is 14.1. The lowest BCUT2D eigenvalue weighted by molar-refractivity contribution is -0.139. The SMILES string of the molecule is C[C@@H](NC(=O)C[C@H]1CC[C@H](NC(=O)C2CCOCC2)[C@@H](CO)O1)c1ccccc1. The number of benzene rings is 1. The maximum absolute atomic E-state index is 12.5. The maximum Gasteiger partial charge on any atom is 0.223 e. The molecule has 4 atom stereocenters. The first-order valence-electron chi connectivity index (χ1n) is 10.6. The molecule has 2 aliphatic heterocycles. The molecule has 2 aliphatic rings. The zero-order chi connectivity index (χ0) is 20.6. The summed E-state index contributed by atoms with van der Waals surface area (Å²) in [5.74, 6) is -0.105. The van der Waals surface area contributed by atoms with Gasteiger partial charge in [-0.25, -0.2) is 0 Å². The van der Waals surface area contributed by atoms with E-state index in [1.54, 1.807) is 0 Å². The molecule has 0 aliphatic carbocycles. The summed E-state index contributed by atoms with van der Waals surface area (Å²) in [6.45, 7) is 2.99. The number of carbonyl (C=O) groups is 2. The Morgan fingerprint density at radius 1 is 1.14 bits per heavy atom. The topological polar surface area (TPSA) is 96.9 Å². The average Bonchev–Trinajstić information content (AvgIpc) is 2.75. The maximum atomic E-state index is 12.5. The Labute approximate surface area is 172 Å². The summed E-state index contributed by atoms with van der Waals surface area (Å²) in [6.07, 6.45) is 2.31. The van der Waals surface area contributed by atoms with Gasteiger partial charge in [0, 0.05) is 19.1 Å². The fraction of sp³-hybridized carbons (Fsp3) is 0.636. The Hall–Kier alpha value is -1.96. The molecule has 0 spiro atoms. The average molecular weight is 405 g/mol. The van der Waals surface area contributed by atoms with Crippen molar-refractivity contribution in [2.75, 3.05) is 19.8 Å². The van der Waals surface area contributed by atoms with Gasteiger partial charge in [-0.05, 0) is 38.2 Å². The monoisotopic (exact) mass is 404 g/mol. The summed E-state index contributed by atoms with van der Waals surface area (Å²) in [5, 5.41) is 15.8. The van der Waals surface area contributed by atoms with Crippen molar-refractivity contribution in [3.8, 4) is 0 Å². The van der Waals surface area contributed by atoms with E-state index in [9.17, 15) is 14.7 Å². The molecule has 2 amide bonds. The second kappa shape index (κ2) is 10.7. The Bertz CT molecular complexity index is 662. The minimum absolute atomic E-state index is 0.00762. The molecule has 2 fully saturated rings. The minimum atomic E-state index is -0.489. The molecule has 7 heteroatoms. The van der Waals surface area contributed by atoms with Crippen molar-refractivity contribution in [2.24, 2.45) is 5.92 Å². The quantitative estimate of drug-likeness (QED) is 0.643. The number of nitrogens with one attached hydrogen (secondary N) is 2. The van der Waals surface area contributed by atoms with Crippen LogP contribution in [0.15, 0.2) is 30.3 Å². The molecular formula is C22H32N2O5. The molecule has 0 aromatic heterocycles. The molecule has 3 N–H and O–H groups in total. The third-order valence-electron chi connectivity index (χ3n) is 5.81. The summed E-state index contributed by atoms with van der Waals surface area (Å²) in [5.41, 5.74) is 1.05. The van der Waals surface area contributed by atoms with E-state index in [1.165, 1.54) is 0 Å². The number of hydrogen-bond donors (Lipinski definition) is 3. The van der Waals surface area contributed by atoms with Crippen LogP contribution in [0.3, 0.4) is 0 Å². The van der Waals surface area contributed by atoms with Crippen molar-refractivity contribution < 1.29 is 24.2 Å². The number of rotatable bonds is 7. The molecule has 3 rings (SSSR count). The van der Waals surface area contributed by atoms with Gasteiger partial charge in [-0.1, -0.05) is 30.3 Å². The van der Waals surface area contributed by atoms with Crippen LogP contribution in [-0.2, 0) is 19.1 Å². The van der Waals surface area contributed by atoms with E-state index in [1.807, 2.05) is 37.3 Å². The van der Waals surface area contributed by atoms with Gasteiger partial charge in [0.2, 0.25) is 11.8 Å². The highest BCUT2D eigenvalue weighted by Crippen LogP contribution is 2.24. The third kappa shape index (κ3) is 6.26. The number of carbonyl (C=O) groups excluding carboxylic acids is 2. The largest absolute Gasteiger partial charge is 0.394 e. The normalized spacial score (nSPS) is 26.5. The van der Waals surface area contributed by atoms with E-state index in [0.29, 0.717) is 26.1 Å². The first kappa shape index (κ1) is 21.7. The minimum Gasteiger partial charge on any atom is -0.394 e. The Morgan fingerprint density at radius 2 is 1.86 bits per heavy atom. The lowest BCUT2D eigenvalue weighted by Gasteiger charge is -2.37. The van der Waals surface area contributed by atoms with Gasteiger partial charge in [0.15, 0.2) is 0 Å². The number of aliphatic hydroxyl groups excluding tert-OH is 1. The van der Waals surface area contributed by atoms with E-state index >= 15 is 0 Å². The lowest BCUT2D eigenvalue weighted by Crippen LogP contribution is -2.53. The van der Waals surface area contributed by atoms with E-state index in [-0.39, 0.29) is 48.9 Å². The second-order valence-electron chi connectivity index (χ2n) is 7.96. The zero-order valence-electron chi connectivity index (χ0n) is 17.0. The number of ether oxygens (including phenoxy) is 2.